The molecule has 6 nitrogen and oxygen atoms in total. The molecule has 1 aromatic heterocycles. The lowest BCUT2D eigenvalue weighted by molar-refractivity contribution is -0.00940. The van der Waals surface area contributed by atoms with Crippen LogP contribution in [0.25, 0.3) is 0 Å². The first-order valence-corrected chi connectivity index (χ1v) is 7.66. The van der Waals surface area contributed by atoms with Crippen molar-refractivity contribution in [3.63, 3.8) is 0 Å². The fourth-order valence-corrected chi connectivity index (χ4v) is 3.27. The van der Waals surface area contributed by atoms with Crippen LogP contribution in [0.4, 0.5) is 5.82 Å². The van der Waals surface area contributed by atoms with E-state index in [9.17, 15) is 4.79 Å². The summed E-state index contributed by atoms with van der Waals surface area (Å²) in [5.41, 5.74) is -0.0177. The molecule has 2 fully saturated rings. The predicted molar refractivity (Wildman–Crippen MR) is 77.5 cm³/mol. The van der Waals surface area contributed by atoms with Crippen LogP contribution in [0.5, 0.6) is 0 Å². The number of nitrogens with zero attached hydrogens (tertiary/aromatic N) is 3. The first kappa shape index (κ1) is 14.3. The van der Waals surface area contributed by atoms with Crippen molar-refractivity contribution >= 4 is 11.8 Å². The maximum Gasteiger partial charge on any atom is 0.356 e. The Morgan fingerprint density at radius 1 is 1.24 bits per heavy atom. The topological polar surface area (TPSA) is 75.5 Å². The molecule has 1 N–H and O–H groups in total. The van der Waals surface area contributed by atoms with Gasteiger partial charge in [0.05, 0.1) is 25.1 Å². The minimum absolute atomic E-state index is 0.0177. The molecule has 0 bridgehead atoms. The highest BCUT2D eigenvalue weighted by Crippen LogP contribution is 2.30. The van der Waals surface area contributed by atoms with Gasteiger partial charge in [-0.1, -0.05) is 19.3 Å². The van der Waals surface area contributed by atoms with Crippen LogP contribution in [0, 0.1) is 5.92 Å². The van der Waals surface area contributed by atoms with E-state index in [0.29, 0.717) is 12.5 Å². The van der Waals surface area contributed by atoms with E-state index in [1.807, 2.05) is 0 Å². The van der Waals surface area contributed by atoms with Crippen LogP contribution in [0.15, 0.2) is 12.4 Å². The van der Waals surface area contributed by atoms with Crippen molar-refractivity contribution in [1.29, 1.82) is 0 Å². The number of carboxylic acids is 1. The Morgan fingerprint density at radius 2 is 2.05 bits per heavy atom. The third-order valence-corrected chi connectivity index (χ3v) is 4.45. The molecule has 1 aliphatic carbocycles. The van der Waals surface area contributed by atoms with Crippen molar-refractivity contribution in [2.24, 2.45) is 5.92 Å². The second-order valence-corrected chi connectivity index (χ2v) is 5.82. The second kappa shape index (κ2) is 6.39. The molecular formula is C15H21N3O3. The summed E-state index contributed by atoms with van der Waals surface area (Å²) in [6.45, 7) is 2.31. The molecule has 2 aliphatic rings. The van der Waals surface area contributed by atoms with E-state index >= 15 is 0 Å². The van der Waals surface area contributed by atoms with Crippen LogP contribution in [0.1, 0.15) is 42.6 Å². The molecule has 1 aliphatic heterocycles. The normalized spacial score (nSPS) is 24.0. The van der Waals surface area contributed by atoms with Gasteiger partial charge in [0.1, 0.15) is 5.82 Å². The minimum atomic E-state index is -1.05. The van der Waals surface area contributed by atoms with E-state index in [-0.39, 0.29) is 11.8 Å². The van der Waals surface area contributed by atoms with Gasteiger partial charge in [-0.05, 0) is 18.8 Å². The molecule has 1 saturated carbocycles. The molecule has 1 aromatic rings. The molecule has 3 rings (SSSR count). The Kier molecular flexibility index (Phi) is 4.34. The van der Waals surface area contributed by atoms with Gasteiger partial charge in [-0.2, -0.15) is 0 Å². The molecule has 0 aromatic carbocycles. The van der Waals surface area contributed by atoms with Gasteiger partial charge in [-0.25, -0.2) is 14.8 Å². The average molecular weight is 291 g/mol. The van der Waals surface area contributed by atoms with Gasteiger partial charge < -0.3 is 14.7 Å². The van der Waals surface area contributed by atoms with Gasteiger partial charge in [-0.3, -0.25) is 0 Å². The van der Waals surface area contributed by atoms with E-state index in [4.69, 9.17) is 9.84 Å². The molecular weight excluding hydrogens is 270 g/mol. The summed E-state index contributed by atoms with van der Waals surface area (Å²) in [4.78, 5) is 21.1. The number of carbonyl (C=O) groups is 1. The first-order chi connectivity index (χ1) is 10.2. The Balaban J connectivity index is 1.66. The van der Waals surface area contributed by atoms with Crippen molar-refractivity contribution < 1.29 is 14.6 Å². The molecule has 21 heavy (non-hydrogen) atoms. The van der Waals surface area contributed by atoms with Gasteiger partial charge in [-0.15, -0.1) is 0 Å². The number of hydrogen-bond acceptors (Lipinski definition) is 5. The zero-order chi connectivity index (χ0) is 14.7. The van der Waals surface area contributed by atoms with Gasteiger partial charge in [0.25, 0.3) is 0 Å². The molecule has 6 heteroatoms. The van der Waals surface area contributed by atoms with Crippen LogP contribution in [0.3, 0.4) is 0 Å². The summed E-state index contributed by atoms with van der Waals surface area (Å²) in [6, 6.07) is 0. The Hall–Kier alpha value is -1.69. The molecule has 1 saturated heterocycles. The maximum atomic E-state index is 10.8. The third kappa shape index (κ3) is 3.32. The second-order valence-electron chi connectivity index (χ2n) is 5.82. The number of hydrogen-bond donors (Lipinski definition) is 1. The molecule has 0 spiro atoms. The first-order valence-electron chi connectivity index (χ1n) is 7.66. The highest BCUT2D eigenvalue weighted by molar-refractivity contribution is 5.84. The molecule has 1 atom stereocenters. The van der Waals surface area contributed by atoms with Crippen LogP contribution in [-0.4, -0.2) is 46.8 Å². The number of ether oxygens (including phenoxy) is 1. The van der Waals surface area contributed by atoms with Crippen LogP contribution < -0.4 is 4.90 Å². The van der Waals surface area contributed by atoms with Crippen LogP contribution in [0.2, 0.25) is 0 Å². The highest BCUT2D eigenvalue weighted by atomic mass is 16.5. The smallest absolute Gasteiger partial charge is 0.356 e. The zero-order valence-corrected chi connectivity index (χ0v) is 12.1. The van der Waals surface area contributed by atoms with E-state index in [2.05, 4.69) is 14.9 Å². The number of anilines is 1. The van der Waals surface area contributed by atoms with Crippen molar-refractivity contribution in [2.75, 3.05) is 24.6 Å². The highest BCUT2D eigenvalue weighted by Gasteiger charge is 2.29. The number of rotatable bonds is 3. The molecule has 0 amide bonds. The van der Waals surface area contributed by atoms with E-state index in [1.165, 1.54) is 38.3 Å². The van der Waals surface area contributed by atoms with E-state index in [0.717, 1.165) is 18.9 Å². The lowest BCUT2D eigenvalue weighted by Crippen LogP contribution is -2.46. The number of carboxylic acid groups (broad SMARTS) is 1. The SMILES string of the molecule is O=C(O)c1cnc(N2CCOC(C3CCCCC3)C2)cn1. The maximum absolute atomic E-state index is 10.8. The fraction of sp³-hybridized carbons (Fsp3) is 0.667. The summed E-state index contributed by atoms with van der Waals surface area (Å²) < 4.78 is 5.95. The standard InChI is InChI=1S/C15H21N3O3/c19-15(20)12-8-17-14(9-16-12)18-6-7-21-13(10-18)11-4-2-1-3-5-11/h8-9,11,13H,1-7,10H2,(H,19,20). The Bertz CT molecular complexity index is 485. The van der Waals surface area contributed by atoms with Crippen molar-refractivity contribution in [3.8, 4) is 0 Å². The third-order valence-electron chi connectivity index (χ3n) is 4.45. The largest absolute Gasteiger partial charge is 0.476 e. The van der Waals surface area contributed by atoms with Gasteiger partial charge in [0, 0.05) is 13.1 Å². The molecule has 0 radical (unpaired) electrons. The van der Waals surface area contributed by atoms with Crippen LogP contribution >= 0.6 is 0 Å². The zero-order valence-electron chi connectivity index (χ0n) is 12.1. The van der Waals surface area contributed by atoms with E-state index < -0.39 is 5.97 Å². The quantitative estimate of drug-likeness (QED) is 0.917. The Labute approximate surface area is 124 Å². The molecule has 1 unspecified atom stereocenters. The molecule has 114 valence electrons. The number of aromatic nitrogens is 2. The summed E-state index contributed by atoms with van der Waals surface area (Å²) in [5.74, 6) is 0.341. The number of aromatic carboxylic acids is 1. The summed E-state index contributed by atoms with van der Waals surface area (Å²) in [6.07, 6.45) is 9.59. The lowest BCUT2D eigenvalue weighted by Gasteiger charge is -2.38. The molecule has 2 heterocycles. The summed E-state index contributed by atoms with van der Waals surface area (Å²) >= 11 is 0. The van der Waals surface area contributed by atoms with Crippen LogP contribution in [-0.2, 0) is 4.74 Å². The average Bonchev–Trinajstić information content (AvgIpc) is 2.56. The monoisotopic (exact) mass is 291 g/mol. The van der Waals surface area contributed by atoms with Crippen molar-refractivity contribution in [2.45, 2.75) is 38.2 Å². The van der Waals surface area contributed by atoms with Gasteiger partial charge in [0.2, 0.25) is 0 Å². The number of morpholine rings is 1. The van der Waals surface area contributed by atoms with E-state index in [1.54, 1.807) is 6.20 Å². The van der Waals surface area contributed by atoms with Crippen molar-refractivity contribution in [3.05, 3.63) is 18.1 Å². The Morgan fingerprint density at radius 3 is 2.71 bits per heavy atom. The van der Waals surface area contributed by atoms with Gasteiger partial charge in [0.15, 0.2) is 5.69 Å². The summed E-state index contributed by atoms with van der Waals surface area (Å²) in [7, 11) is 0. The predicted octanol–water partition coefficient (Wildman–Crippen LogP) is 1.96. The lowest BCUT2D eigenvalue weighted by atomic mass is 9.84. The minimum Gasteiger partial charge on any atom is -0.476 e. The summed E-state index contributed by atoms with van der Waals surface area (Å²) in [5, 5.41) is 8.86. The van der Waals surface area contributed by atoms with Gasteiger partial charge >= 0.3 is 5.97 Å². The van der Waals surface area contributed by atoms with Crippen molar-refractivity contribution in [1.82, 2.24) is 9.97 Å². The fourth-order valence-electron chi connectivity index (χ4n) is 3.27.